The third-order valence-electron chi connectivity index (χ3n) is 4.74. The quantitative estimate of drug-likeness (QED) is 0.825. The van der Waals surface area contributed by atoms with Gasteiger partial charge in [-0.2, -0.15) is 0 Å². The first-order valence-electron chi connectivity index (χ1n) is 7.81. The van der Waals surface area contributed by atoms with Crippen molar-refractivity contribution in [3.8, 4) is 5.75 Å². The van der Waals surface area contributed by atoms with E-state index in [9.17, 15) is 22.0 Å². The summed E-state index contributed by atoms with van der Waals surface area (Å²) in [6, 6.07) is 3.12. The van der Waals surface area contributed by atoms with Crippen LogP contribution in [0.1, 0.15) is 19.8 Å². The lowest BCUT2D eigenvalue weighted by Gasteiger charge is -2.47. The highest BCUT2D eigenvalue weighted by Gasteiger charge is 2.50. The van der Waals surface area contributed by atoms with Crippen molar-refractivity contribution in [3.63, 3.8) is 0 Å². The summed E-state index contributed by atoms with van der Waals surface area (Å²) in [7, 11) is -2.89. The van der Waals surface area contributed by atoms with Gasteiger partial charge >= 0.3 is 0 Å². The highest BCUT2D eigenvalue weighted by molar-refractivity contribution is 7.92. The molecule has 5 nitrogen and oxygen atoms in total. The minimum atomic E-state index is -2.89. The second-order valence-electron chi connectivity index (χ2n) is 6.69. The fourth-order valence-corrected chi connectivity index (χ4v) is 5.80. The Labute approximate surface area is 139 Å². The first-order chi connectivity index (χ1) is 11.2. The fraction of sp³-hybridized carbons (Fsp3) is 0.562. The van der Waals surface area contributed by atoms with Crippen LogP contribution in [0.3, 0.4) is 0 Å². The number of nitrogens with zero attached hydrogens (tertiary/aromatic N) is 1. The van der Waals surface area contributed by atoms with Gasteiger partial charge in [0, 0.05) is 24.6 Å². The number of ether oxygens (including phenoxy) is 1. The number of piperidine rings is 1. The Morgan fingerprint density at radius 2 is 1.83 bits per heavy atom. The standard InChI is InChI=1S/C16H19F2NO4S/c1-11(23-12-2-3-13(17)14(18)8-12)15(20)19-6-4-16(5-7-19)9-24(21,22)10-16/h2-3,8,11H,4-7,9-10H2,1H3/t11-/m0/s1. The van der Waals surface area contributed by atoms with Crippen LogP contribution >= 0.6 is 0 Å². The summed E-state index contributed by atoms with van der Waals surface area (Å²) in [5, 5.41) is 0. The largest absolute Gasteiger partial charge is 0.481 e. The smallest absolute Gasteiger partial charge is 0.263 e. The molecule has 2 saturated heterocycles. The molecule has 0 unspecified atom stereocenters. The molecule has 8 heteroatoms. The number of hydrogen-bond acceptors (Lipinski definition) is 4. The molecule has 1 aromatic rings. The van der Waals surface area contributed by atoms with Crippen molar-refractivity contribution in [3.05, 3.63) is 29.8 Å². The van der Waals surface area contributed by atoms with Crippen molar-refractivity contribution >= 4 is 15.7 Å². The van der Waals surface area contributed by atoms with Crippen LogP contribution in [0.2, 0.25) is 0 Å². The Morgan fingerprint density at radius 1 is 1.21 bits per heavy atom. The summed E-state index contributed by atoms with van der Waals surface area (Å²) < 4.78 is 54.2. The van der Waals surface area contributed by atoms with Crippen LogP contribution in [0.25, 0.3) is 0 Å². The maximum atomic E-state index is 13.2. The molecule has 0 aromatic heterocycles. The topological polar surface area (TPSA) is 63.7 Å². The van der Waals surface area contributed by atoms with E-state index in [-0.39, 0.29) is 28.6 Å². The molecule has 24 heavy (non-hydrogen) atoms. The van der Waals surface area contributed by atoms with Gasteiger partial charge in [0.2, 0.25) is 0 Å². The van der Waals surface area contributed by atoms with Crippen molar-refractivity contribution in [2.24, 2.45) is 5.41 Å². The number of rotatable bonds is 3. The average molecular weight is 359 g/mol. The van der Waals surface area contributed by atoms with Crippen molar-refractivity contribution in [2.75, 3.05) is 24.6 Å². The molecule has 2 fully saturated rings. The van der Waals surface area contributed by atoms with E-state index < -0.39 is 27.6 Å². The van der Waals surface area contributed by atoms with Gasteiger partial charge in [-0.3, -0.25) is 4.79 Å². The number of benzene rings is 1. The van der Waals surface area contributed by atoms with E-state index >= 15 is 0 Å². The van der Waals surface area contributed by atoms with E-state index in [1.54, 1.807) is 11.8 Å². The van der Waals surface area contributed by atoms with Gasteiger partial charge in [-0.1, -0.05) is 0 Å². The Morgan fingerprint density at radius 3 is 2.38 bits per heavy atom. The van der Waals surface area contributed by atoms with Crippen LogP contribution in [-0.2, 0) is 14.6 Å². The van der Waals surface area contributed by atoms with Crippen LogP contribution in [-0.4, -0.2) is 49.9 Å². The van der Waals surface area contributed by atoms with Gasteiger partial charge in [-0.25, -0.2) is 17.2 Å². The molecule has 0 N–H and O–H groups in total. The lowest BCUT2D eigenvalue weighted by atomic mass is 9.81. The monoisotopic (exact) mass is 359 g/mol. The molecule has 0 aliphatic carbocycles. The Bertz CT molecular complexity index is 743. The summed E-state index contributed by atoms with van der Waals surface area (Å²) in [6.07, 6.45) is 0.500. The van der Waals surface area contributed by atoms with Crippen LogP contribution in [0.15, 0.2) is 18.2 Å². The average Bonchev–Trinajstić information content (AvgIpc) is 2.49. The van der Waals surface area contributed by atoms with Gasteiger partial charge in [0.25, 0.3) is 5.91 Å². The SMILES string of the molecule is C[C@H](Oc1ccc(F)c(F)c1)C(=O)N1CCC2(CC1)CS(=O)(=O)C2. The fourth-order valence-electron chi connectivity index (χ4n) is 3.44. The molecule has 0 bridgehead atoms. The first-order valence-corrected chi connectivity index (χ1v) is 9.63. The number of likely N-dealkylation sites (tertiary alicyclic amines) is 1. The zero-order valence-corrected chi connectivity index (χ0v) is 14.1. The predicted octanol–water partition coefficient (Wildman–Crippen LogP) is 1.77. The molecular weight excluding hydrogens is 340 g/mol. The molecule has 2 aliphatic heterocycles. The minimum absolute atomic E-state index is 0.0910. The third kappa shape index (κ3) is 3.38. The van der Waals surface area contributed by atoms with Gasteiger partial charge in [-0.15, -0.1) is 0 Å². The highest BCUT2D eigenvalue weighted by atomic mass is 32.2. The number of hydrogen-bond donors (Lipinski definition) is 0. The molecule has 1 amide bonds. The van der Waals surface area contributed by atoms with Crippen LogP contribution in [0.5, 0.6) is 5.75 Å². The van der Waals surface area contributed by atoms with E-state index in [1.807, 2.05) is 0 Å². The summed E-state index contributed by atoms with van der Waals surface area (Å²) in [4.78, 5) is 14.1. The highest BCUT2D eigenvalue weighted by Crippen LogP contribution is 2.42. The normalized spacial score (nSPS) is 22.7. The Balaban J connectivity index is 1.56. The van der Waals surface area contributed by atoms with E-state index in [0.717, 1.165) is 12.1 Å². The summed E-state index contributed by atoms with van der Waals surface area (Å²) in [6.45, 7) is 2.53. The van der Waals surface area contributed by atoms with Crippen LogP contribution in [0.4, 0.5) is 8.78 Å². The second kappa shape index (κ2) is 5.98. The number of amides is 1. The number of sulfone groups is 1. The molecule has 2 heterocycles. The van der Waals surface area contributed by atoms with Gasteiger partial charge in [0.05, 0.1) is 11.5 Å². The van der Waals surface area contributed by atoms with E-state index in [2.05, 4.69) is 0 Å². The van der Waals surface area contributed by atoms with Crippen LogP contribution in [0, 0.1) is 17.0 Å². The Hall–Kier alpha value is -1.70. The number of carbonyl (C=O) groups excluding carboxylic acids is 1. The molecule has 3 rings (SSSR count). The van der Waals surface area contributed by atoms with Gasteiger partial charge in [0.1, 0.15) is 5.75 Å². The lowest BCUT2D eigenvalue weighted by Crippen LogP contribution is -2.56. The zero-order chi connectivity index (χ0) is 17.5. The summed E-state index contributed by atoms with van der Waals surface area (Å²) in [5.74, 6) is -1.73. The zero-order valence-electron chi connectivity index (χ0n) is 13.3. The van der Waals surface area contributed by atoms with Crippen molar-refractivity contribution in [1.82, 2.24) is 4.90 Å². The predicted molar refractivity (Wildman–Crippen MR) is 83.3 cm³/mol. The third-order valence-corrected chi connectivity index (χ3v) is 6.84. The molecular formula is C16H19F2NO4S. The second-order valence-corrected chi connectivity index (χ2v) is 8.76. The van der Waals surface area contributed by atoms with E-state index in [1.165, 1.54) is 6.07 Å². The van der Waals surface area contributed by atoms with Crippen molar-refractivity contribution < 1.29 is 26.7 Å². The maximum Gasteiger partial charge on any atom is 0.263 e. The molecule has 1 atom stereocenters. The van der Waals surface area contributed by atoms with Gasteiger partial charge in [0.15, 0.2) is 27.6 Å². The summed E-state index contributed by atoms with van der Waals surface area (Å²) in [5.41, 5.74) is -0.167. The van der Waals surface area contributed by atoms with Crippen LogP contribution < -0.4 is 4.74 Å². The summed E-state index contributed by atoms with van der Waals surface area (Å²) >= 11 is 0. The number of carbonyl (C=O) groups is 1. The van der Waals surface area contributed by atoms with Gasteiger partial charge in [-0.05, 0) is 31.9 Å². The molecule has 1 aromatic carbocycles. The van der Waals surface area contributed by atoms with Crippen molar-refractivity contribution in [2.45, 2.75) is 25.9 Å². The minimum Gasteiger partial charge on any atom is -0.481 e. The molecule has 0 radical (unpaired) electrons. The molecule has 2 aliphatic rings. The van der Waals surface area contributed by atoms with E-state index in [4.69, 9.17) is 4.74 Å². The number of halogens is 2. The van der Waals surface area contributed by atoms with E-state index in [0.29, 0.717) is 25.9 Å². The maximum absolute atomic E-state index is 13.2. The first kappa shape index (κ1) is 17.1. The van der Waals surface area contributed by atoms with Crippen molar-refractivity contribution in [1.29, 1.82) is 0 Å². The Kier molecular flexibility index (Phi) is 4.27. The molecule has 1 spiro atoms. The molecule has 132 valence electrons. The lowest BCUT2D eigenvalue weighted by molar-refractivity contribution is -0.140. The molecule has 0 saturated carbocycles. The van der Waals surface area contributed by atoms with Gasteiger partial charge < -0.3 is 9.64 Å².